The van der Waals surface area contributed by atoms with Crippen molar-refractivity contribution in [3.05, 3.63) is 54.1 Å². The largest absolute Gasteiger partial charge is 0.324 e. The molecule has 0 fully saturated rings. The maximum Gasteiger partial charge on any atom is 0.0234 e. The van der Waals surface area contributed by atoms with E-state index in [1.807, 2.05) is 0 Å². The summed E-state index contributed by atoms with van der Waals surface area (Å²) < 4.78 is 0. The Morgan fingerprint density at radius 3 is 2.53 bits per heavy atom. The molecule has 0 saturated heterocycles. The Balaban J connectivity index is 2.04. The predicted octanol–water partition coefficient (Wildman–Crippen LogP) is 4.37. The van der Waals surface area contributed by atoms with Crippen molar-refractivity contribution in [3.63, 3.8) is 0 Å². The lowest BCUT2D eigenvalue weighted by atomic mass is 9.74. The van der Waals surface area contributed by atoms with Crippen LogP contribution in [0, 0.1) is 5.41 Å². The lowest BCUT2D eigenvalue weighted by Gasteiger charge is -2.33. The molecule has 0 heterocycles. The van der Waals surface area contributed by atoms with Crippen molar-refractivity contribution in [2.45, 2.75) is 32.7 Å². The van der Waals surface area contributed by atoms with E-state index in [2.05, 4.69) is 62.4 Å². The standard InChI is InChI=1S/C18H21N/c1-18(2)11-16(10-17(19)12-18)15-8-7-13-5-3-4-6-14(13)9-15/h3-10,17H,11-12,19H2,1-2H3. The average Bonchev–Trinajstić information content (AvgIpc) is 2.36. The number of nitrogens with two attached hydrogens (primary N) is 1. The van der Waals surface area contributed by atoms with E-state index < -0.39 is 0 Å². The minimum absolute atomic E-state index is 0.185. The maximum atomic E-state index is 6.17. The molecule has 0 radical (unpaired) electrons. The fourth-order valence-electron chi connectivity index (χ4n) is 3.19. The zero-order chi connectivity index (χ0) is 13.5. The third-order valence-electron chi connectivity index (χ3n) is 3.99. The summed E-state index contributed by atoms with van der Waals surface area (Å²) in [6.45, 7) is 4.61. The van der Waals surface area contributed by atoms with E-state index >= 15 is 0 Å². The molecule has 2 N–H and O–H groups in total. The first-order chi connectivity index (χ1) is 9.03. The zero-order valence-corrected chi connectivity index (χ0v) is 11.7. The third-order valence-corrected chi connectivity index (χ3v) is 3.99. The van der Waals surface area contributed by atoms with E-state index in [1.54, 1.807) is 0 Å². The second kappa shape index (κ2) is 4.50. The highest BCUT2D eigenvalue weighted by Gasteiger charge is 2.27. The van der Waals surface area contributed by atoms with E-state index in [1.165, 1.54) is 21.9 Å². The molecular formula is C18H21N. The highest BCUT2D eigenvalue weighted by atomic mass is 14.6. The summed E-state index contributed by atoms with van der Waals surface area (Å²) in [4.78, 5) is 0. The van der Waals surface area contributed by atoms with Crippen molar-refractivity contribution in [1.29, 1.82) is 0 Å². The van der Waals surface area contributed by atoms with Crippen LogP contribution in [-0.2, 0) is 0 Å². The van der Waals surface area contributed by atoms with Crippen molar-refractivity contribution in [3.8, 4) is 0 Å². The Morgan fingerprint density at radius 1 is 1.05 bits per heavy atom. The number of hydrogen-bond acceptors (Lipinski definition) is 1. The van der Waals surface area contributed by atoms with Gasteiger partial charge in [-0.25, -0.2) is 0 Å². The van der Waals surface area contributed by atoms with Crippen LogP contribution < -0.4 is 5.73 Å². The van der Waals surface area contributed by atoms with E-state index in [9.17, 15) is 0 Å². The van der Waals surface area contributed by atoms with Gasteiger partial charge in [-0.3, -0.25) is 0 Å². The van der Waals surface area contributed by atoms with Crippen LogP contribution in [0.15, 0.2) is 48.5 Å². The fourth-order valence-corrected chi connectivity index (χ4v) is 3.19. The molecule has 2 aromatic carbocycles. The number of hydrogen-bond donors (Lipinski definition) is 1. The molecule has 0 amide bonds. The van der Waals surface area contributed by atoms with Crippen LogP contribution in [0.4, 0.5) is 0 Å². The molecule has 0 aromatic heterocycles. The zero-order valence-electron chi connectivity index (χ0n) is 11.7. The second-order valence-corrected chi connectivity index (χ2v) is 6.46. The third kappa shape index (κ3) is 2.57. The van der Waals surface area contributed by atoms with Crippen molar-refractivity contribution < 1.29 is 0 Å². The summed E-state index contributed by atoms with van der Waals surface area (Å²) in [6, 6.07) is 15.4. The molecule has 0 bridgehead atoms. The highest BCUT2D eigenvalue weighted by molar-refractivity contribution is 5.86. The van der Waals surface area contributed by atoms with Gasteiger partial charge in [0.15, 0.2) is 0 Å². The van der Waals surface area contributed by atoms with E-state index in [-0.39, 0.29) is 6.04 Å². The highest BCUT2D eigenvalue weighted by Crippen LogP contribution is 2.39. The molecule has 1 aliphatic rings. The molecule has 19 heavy (non-hydrogen) atoms. The molecule has 0 saturated carbocycles. The molecule has 98 valence electrons. The Bertz CT molecular complexity index is 637. The Labute approximate surface area is 115 Å². The summed E-state index contributed by atoms with van der Waals surface area (Å²) in [5.41, 5.74) is 9.19. The average molecular weight is 251 g/mol. The smallest absolute Gasteiger partial charge is 0.0234 e. The molecule has 2 aromatic rings. The number of benzene rings is 2. The SMILES string of the molecule is CC1(C)CC(c2ccc3ccccc3c2)=CC(N)C1. The molecule has 1 heteroatoms. The fraction of sp³-hybridized carbons (Fsp3) is 0.333. The molecule has 0 spiro atoms. The van der Waals surface area contributed by atoms with Gasteiger partial charge in [-0.1, -0.05) is 56.3 Å². The normalized spacial score (nSPS) is 22.3. The molecular weight excluding hydrogens is 230 g/mol. The van der Waals surface area contributed by atoms with Gasteiger partial charge in [-0.15, -0.1) is 0 Å². The number of fused-ring (bicyclic) bond motifs is 1. The lowest BCUT2D eigenvalue weighted by Crippen LogP contribution is -2.30. The number of rotatable bonds is 1. The minimum Gasteiger partial charge on any atom is -0.324 e. The van der Waals surface area contributed by atoms with Gasteiger partial charge in [0.05, 0.1) is 0 Å². The maximum absolute atomic E-state index is 6.17. The van der Waals surface area contributed by atoms with Crippen LogP contribution in [0.5, 0.6) is 0 Å². The molecule has 1 unspecified atom stereocenters. The first-order valence-electron chi connectivity index (χ1n) is 6.99. The van der Waals surface area contributed by atoms with Crippen LogP contribution in [0.2, 0.25) is 0 Å². The quantitative estimate of drug-likeness (QED) is 0.800. The predicted molar refractivity (Wildman–Crippen MR) is 82.9 cm³/mol. The molecule has 1 atom stereocenters. The molecule has 1 nitrogen and oxygen atoms in total. The summed E-state index contributed by atoms with van der Waals surface area (Å²) >= 11 is 0. The summed E-state index contributed by atoms with van der Waals surface area (Å²) in [5, 5.41) is 2.60. The molecule has 0 aliphatic heterocycles. The van der Waals surface area contributed by atoms with Crippen molar-refractivity contribution in [2.75, 3.05) is 0 Å². The van der Waals surface area contributed by atoms with Gasteiger partial charge in [0.1, 0.15) is 0 Å². The van der Waals surface area contributed by atoms with Gasteiger partial charge in [-0.2, -0.15) is 0 Å². The molecule has 1 aliphatic carbocycles. The van der Waals surface area contributed by atoms with Gasteiger partial charge in [-0.05, 0) is 46.2 Å². The van der Waals surface area contributed by atoms with Crippen LogP contribution >= 0.6 is 0 Å². The lowest BCUT2D eigenvalue weighted by molar-refractivity contribution is 0.319. The molecule has 3 rings (SSSR count). The van der Waals surface area contributed by atoms with Crippen LogP contribution in [-0.4, -0.2) is 6.04 Å². The van der Waals surface area contributed by atoms with E-state index in [4.69, 9.17) is 5.73 Å². The van der Waals surface area contributed by atoms with Gasteiger partial charge < -0.3 is 5.73 Å². The van der Waals surface area contributed by atoms with Crippen LogP contribution in [0.3, 0.4) is 0 Å². The van der Waals surface area contributed by atoms with Gasteiger partial charge in [0.2, 0.25) is 0 Å². The van der Waals surface area contributed by atoms with Crippen LogP contribution in [0.1, 0.15) is 32.3 Å². The van der Waals surface area contributed by atoms with Crippen LogP contribution in [0.25, 0.3) is 16.3 Å². The van der Waals surface area contributed by atoms with Crippen molar-refractivity contribution >= 4 is 16.3 Å². The summed E-state index contributed by atoms with van der Waals surface area (Å²) in [5.74, 6) is 0. The van der Waals surface area contributed by atoms with Gasteiger partial charge >= 0.3 is 0 Å². The first-order valence-corrected chi connectivity index (χ1v) is 6.99. The van der Waals surface area contributed by atoms with E-state index in [0.717, 1.165) is 12.8 Å². The summed E-state index contributed by atoms with van der Waals surface area (Å²) in [7, 11) is 0. The van der Waals surface area contributed by atoms with Crippen molar-refractivity contribution in [1.82, 2.24) is 0 Å². The Kier molecular flexibility index (Phi) is 2.94. The first kappa shape index (κ1) is 12.4. The minimum atomic E-state index is 0.185. The van der Waals surface area contributed by atoms with Gasteiger partial charge in [0, 0.05) is 6.04 Å². The Morgan fingerprint density at radius 2 is 1.79 bits per heavy atom. The second-order valence-electron chi connectivity index (χ2n) is 6.46. The topological polar surface area (TPSA) is 26.0 Å². The van der Waals surface area contributed by atoms with Gasteiger partial charge in [0.25, 0.3) is 0 Å². The van der Waals surface area contributed by atoms with Crippen molar-refractivity contribution in [2.24, 2.45) is 11.1 Å². The van der Waals surface area contributed by atoms with E-state index in [0.29, 0.717) is 5.41 Å². The monoisotopic (exact) mass is 251 g/mol. The number of allylic oxidation sites excluding steroid dienone is 1. The Hall–Kier alpha value is -1.60. The summed E-state index contributed by atoms with van der Waals surface area (Å²) in [6.07, 6.45) is 4.43.